The first kappa shape index (κ1) is 47.5. The highest BCUT2D eigenvalue weighted by Gasteiger charge is 2.29. The molecule has 5 N–H and O–H groups in total. The van der Waals surface area contributed by atoms with Crippen molar-refractivity contribution in [2.45, 2.75) is 20.3 Å². The van der Waals surface area contributed by atoms with Gasteiger partial charge in [0.2, 0.25) is 5.78 Å². The lowest BCUT2D eigenvalue weighted by Gasteiger charge is -2.16. The number of H-pyrrole nitrogens is 2. The number of nitrogens with one attached hydrogen (secondary N) is 3. The van der Waals surface area contributed by atoms with Crippen LogP contribution in [0.3, 0.4) is 0 Å². The molecule has 0 radical (unpaired) electrons. The largest absolute Gasteiger partial charge is 0.360 e. The summed E-state index contributed by atoms with van der Waals surface area (Å²) in [5.74, 6) is -2.93. The van der Waals surface area contributed by atoms with Crippen molar-refractivity contribution < 1.29 is 37.5 Å². The number of nitrogens with zero attached hydrogens (tertiary/aromatic N) is 2. The van der Waals surface area contributed by atoms with Crippen molar-refractivity contribution in [2.75, 3.05) is 39.3 Å². The number of hydrogen-bond donors (Lipinski definition) is 4. The number of carbonyl (C=O) groups is 6. The van der Waals surface area contributed by atoms with Gasteiger partial charge in [-0.2, -0.15) is 0 Å². The third-order valence-electron chi connectivity index (χ3n) is 10.3. The van der Waals surface area contributed by atoms with Gasteiger partial charge in [-0.1, -0.05) is 56.0 Å². The summed E-state index contributed by atoms with van der Waals surface area (Å²) < 4.78 is 27.4. The minimum atomic E-state index is -1.13. The van der Waals surface area contributed by atoms with Crippen LogP contribution in [0.4, 0.5) is 8.78 Å². The molecule has 3 amide bonds. The van der Waals surface area contributed by atoms with Gasteiger partial charge in [-0.15, -0.1) is 12.4 Å². The molecule has 2 atom stereocenters. The molecule has 8 rings (SSSR count). The first-order valence-electron chi connectivity index (χ1n) is 18.9. The molecular formula is C45H46Cl2F2N6O6. The molecule has 2 saturated heterocycles. The number of benzene rings is 4. The summed E-state index contributed by atoms with van der Waals surface area (Å²) in [5.41, 5.74) is 7.90. The normalized spacial score (nSPS) is 15.3. The zero-order valence-corrected chi connectivity index (χ0v) is 33.7. The van der Waals surface area contributed by atoms with Gasteiger partial charge in [-0.05, 0) is 91.4 Å². The topological polar surface area (TPSA) is 179 Å². The lowest BCUT2D eigenvalue weighted by molar-refractivity contribution is -0.117. The molecule has 6 aromatic rings. The Labute approximate surface area is 362 Å². The zero-order valence-electron chi connectivity index (χ0n) is 32.2. The highest BCUT2D eigenvalue weighted by molar-refractivity contribution is 6.83. The van der Waals surface area contributed by atoms with Crippen LogP contribution in [-0.2, 0) is 9.59 Å². The number of fused-ring (bicyclic) bond motifs is 2. The summed E-state index contributed by atoms with van der Waals surface area (Å²) >= 11 is 5.05. The minimum absolute atomic E-state index is 0. The average Bonchev–Trinajstić information content (AvgIpc) is 4.10. The lowest BCUT2D eigenvalue weighted by atomic mass is 10.1. The molecule has 61 heavy (non-hydrogen) atoms. The van der Waals surface area contributed by atoms with Gasteiger partial charge in [0, 0.05) is 78.1 Å². The van der Waals surface area contributed by atoms with Crippen LogP contribution in [0.2, 0.25) is 0 Å². The standard InChI is InChI=1S/C22H20FN3O3.C12H16N2O.C10H5ClFNO2.CH4.ClH/c23-17-7-4-8-18-19(17)16(12-24-18)20(27)21(28)25-11-14-9-10-26(13-14)22(29)15-5-2-1-3-6-15;13-8-10-6-7-14(9-10)12(15)11-4-2-1-3-5-11;11-10(15)9(14)5-4-13-7-3-1-2-6(12)8(5)7;;/h1-8,12,14,24H,9-11,13H2,(H,25,28);1-5,10H,6-9,13H2;1-4,13H;1H4;1H. The van der Waals surface area contributed by atoms with Crippen molar-refractivity contribution in [1.82, 2.24) is 25.1 Å². The van der Waals surface area contributed by atoms with Crippen LogP contribution in [0, 0.1) is 23.5 Å². The summed E-state index contributed by atoms with van der Waals surface area (Å²) in [7, 11) is 0. The number of rotatable bonds is 9. The van der Waals surface area contributed by atoms with Gasteiger partial charge < -0.3 is 30.8 Å². The fourth-order valence-corrected chi connectivity index (χ4v) is 7.21. The van der Waals surface area contributed by atoms with E-state index in [0.717, 1.165) is 31.5 Å². The second-order valence-electron chi connectivity index (χ2n) is 14.2. The number of nitrogens with two attached hydrogens (primary N) is 1. The molecule has 320 valence electrons. The molecular weight excluding hydrogens is 829 g/mol. The quantitative estimate of drug-likeness (QED) is 0.0675. The summed E-state index contributed by atoms with van der Waals surface area (Å²) in [5, 5.41) is 1.72. The number of hydrogen-bond acceptors (Lipinski definition) is 7. The summed E-state index contributed by atoms with van der Waals surface area (Å²) in [4.78, 5) is 80.4. The van der Waals surface area contributed by atoms with Gasteiger partial charge in [-0.25, -0.2) is 8.78 Å². The molecule has 2 aliphatic rings. The smallest absolute Gasteiger partial charge is 0.293 e. The first-order chi connectivity index (χ1) is 28.5. The van der Waals surface area contributed by atoms with E-state index in [2.05, 4.69) is 15.3 Å². The maximum atomic E-state index is 14.1. The summed E-state index contributed by atoms with van der Waals surface area (Å²) in [6.07, 6.45) is 4.41. The zero-order chi connectivity index (χ0) is 42.1. The predicted molar refractivity (Wildman–Crippen MR) is 233 cm³/mol. The van der Waals surface area contributed by atoms with E-state index in [9.17, 15) is 37.5 Å². The van der Waals surface area contributed by atoms with Crippen molar-refractivity contribution in [1.29, 1.82) is 0 Å². The van der Waals surface area contributed by atoms with Crippen molar-refractivity contribution >= 4 is 80.3 Å². The lowest BCUT2D eigenvalue weighted by Crippen LogP contribution is -2.36. The SMILES string of the molecule is C.Cl.NCC1CCN(C(=O)c2ccccc2)C1.O=C(Cl)C(=O)c1c[nH]c2cccc(F)c12.O=C(NCC1CCN(C(=O)c2ccccc2)C1)C(=O)c1c[nH]c2cccc(F)c12. The van der Waals surface area contributed by atoms with E-state index < -0.39 is 34.4 Å². The van der Waals surface area contributed by atoms with Crippen molar-refractivity contribution in [3.63, 3.8) is 0 Å². The third kappa shape index (κ3) is 11.3. The number of Topliss-reactive ketones (excluding diaryl/α,β-unsaturated/α-hetero) is 2. The summed E-state index contributed by atoms with van der Waals surface area (Å²) in [6.45, 7) is 3.74. The number of amides is 3. The molecule has 2 fully saturated rings. The Morgan fingerprint density at radius 3 is 1.54 bits per heavy atom. The Balaban J connectivity index is 0.000000217. The third-order valence-corrected chi connectivity index (χ3v) is 10.4. The van der Waals surface area contributed by atoms with E-state index in [1.54, 1.807) is 29.2 Å². The van der Waals surface area contributed by atoms with Crippen LogP contribution in [0.1, 0.15) is 61.7 Å². The van der Waals surface area contributed by atoms with Gasteiger partial charge in [0.05, 0.1) is 11.1 Å². The molecule has 4 heterocycles. The van der Waals surface area contributed by atoms with Gasteiger partial charge in [0.1, 0.15) is 11.6 Å². The van der Waals surface area contributed by atoms with E-state index >= 15 is 0 Å². The van der Waals surface area contributed by atoms with Crippen LogP contribution >= 0.6 is 24.0 Å². The predicted octanol–water partition coefficient (Wildman–Crippen LogP) is 7.19. The minimum Gasteiger partial charge on any atom is -0.360 e. The maximum Gasteiger partial charge on any atom is 0.293 e. The van der Waals surface area contributed by atoms with Crippen LogP contribution in [0.15, 0.2) is 109 Å². The van der Waals surface area contributed by atoms with E-state index in [1.165, 1.54) is 36.7 Å². The van der Waals surface area contributed by atoms with Crippen molar-refractivity contribution in [3.8, 4) is 0 Å². The Hall–Kier alpha value is -6.22. The van der Waals surface area contributed by atoms with E-state index in [-0.39, 0.29) is 66.0 Å². The van der Waals surface area contributed by atoms with Crippen LogP contribution in [0.25, 0.3) is 21.8 Å². The Kier molecular flexibility index (Phi) is 17.0. The number of likely N-dealkylation sites (tertiary alicyclic amines) is 2. The Bertz CT molecular complexity index is 2500. The van der Waals surface area contributed by atoms with Crippen molar-refractivity contribution in [3.05, 3.63) is 143 Å². The highest BCUT2D eigenvalue weighted by Crippen LogP contribution is 2.24. The van der Waals surface area contributed by atoms with E-state index in [4.69, 9.17) is 17.3 Å². The number of aromatic nitrogens is 2. The summed E-state index contributed by atoms with van der Waals surface area (Å²) in [6, 6.07) is 27.2. The molecule has 0 bridgehead atoms. The van der Waals surface area contributed by atoms with Crippen LogP contribution < -0.4 is 11.1 Å². The van der Waals surface area contributed by atoms with Crippen LogP contribution in [0.5, 0.6) is 0 Å². The van der Waals surface area contributed by atoms with Gasteiger partial charge in [0.15, 0.2) is 0 Å². The molecule has 2 aromatic heterocycles. The highest BCUT2D eigenvalue weighted by atomic mass is 35.5. The fraction of sp³-hybridized carbons (Fsp3) is 0.244. The van der Waals surface area contributed by atoms with Crippen LogP contribution in [-0.4, -0.2) is 93.6 Å². The van der Waals surface area contributed by atoms with Gasteiger partial charge >= 0.3 is 0 Å². The Morgan fingerprint density at radius 2 is 1.10 bits per heavy atom. The molecule has 0 spiro atoms. The van der Waals surface area contributed by atoms with Crippen molar-refractivity contribution in [2.24, 2.45) is 17.6 Å². The monoisotopic (exact) mass is 874 g/mol. The molecule has 12 nitrogen and oxygen atoms in total. The number of carbonyl (C=O) groups excluding carboxylic acids is 6. The second-order valence-corrected chi connectivity index (χ2v) is 14.5. The number of halogens is 4. The van der Waals surface area contributed by atoms with Gasteiger partial charge in [0.25, 0.3) is 28.7 Å². The molecule has 2 aliphatic heterocycles. The van der Waals surface area contributed by atoms with E-state index in [0.29, 0.717) is 42.1 Å². The first-order valence-corrected chi connectivity index (χ1v) is 19.3. The maximum absolute atomic E-state index is 14.1. The Morgan fingerprint density at radius 1 is 0.656 bits per heavy atom. The van der Waals surface area contributed by atoms with E-state index in [1.807, 2.05) is 53.4 Å². The second kappa shape index (κ2) is 21.9. The fourth-order valence-electron chi connectivity index (χ4n) is 7.10. The molecule has 16 heteroatoms. The number of aromatic amines is 2. The molecule has 0 saturated carbocycles. The molecule has 0 aliphatic carbocycles. The number of ketones is 2. The van der Waals surface area contributed by atoms with Gasteiger partial charge in [-0.3, -0.25) is 28.8 Å². The average molecular weight is 876 g/mol. The molecule has 4 aromatic carbocycles. The molecule has 2 unspecified atom stereocenters.